The molecule has 0 amide bonds. The first-order chi connectivity index (χ1) is 11.0. The number of hydrogen-bond acceptors (Lipinski definition) is 4. The van der Waals surface area contributed by atoms with E-state index in [1.807, 2.05) is 6.07 Å². The number of sulfone groups is 1. The Hall–Kier alpha value is -0.693. The molecule has 2 rings (SSSR count). The second kappa shape index (κ2) is 6.90. The van der Waals surface area contributed by atoms with E-state index in [1.54, 1.807) is 24.3 Å². The lowest BCUT2D eigenvalue weighted by Crippen LogP contribution is -2.45. The van der Waals surface area contributed by atoms with Crippen molar-refractivity contribution in [2.24, 2.45) is 0 Å². The molecule has 1 aromatic carbocycles. The summed E-state index contributed by atoms with van der Waals surface area (Å²) in [6.45, 7) is 13.0. The number of hydrogen-bond donors (Lipinski definition) is 0. The molecule has 1 heterocycles. The molecule has 1 aromatic rings. The molecule has 24 heavy (non-hydrogen) atoms. The summed E-state index contributed by atoms with van der Waals surface area (Å²) < 4.78 is 37.5. The molecule has 3 atom stereocenters. The van der Waals surface area contributed by atoms with Crippen LogP contribution in [-0.2, 0) is 19.0 Å². The Bertz CT molecular complexity index is 649. The monoisotopic (exact) mass is 370 g/mol. The maximum Gasteiger partial charge on any atom is 0.207 e. The SMILES string of the molecule is CCC[C@H](O[Si](C)(C)C(C)(C)C)[C@@H]1O[C@H]1S(=O)(=O)c1ccccc1. The fourth-order valence-corrected chi connectivity index (χ4v) is 5.47. The van der Waals surface area contributed by atoms with Crippen LogP contribution >= 0.6 is 0 Å². The van der Waals surface area contributed by atoms with Gasteiger partial charge in [-0.25, -0.2) is 8.42 Å². The maximum absolute atomic E-state index is 12.7. The zero-order valence-corrected chi connectivity index (χ0v) is 17.4. The van der Waals surface area contributed by atoms with Gasteiger partial charge in [-0.05, 0) is 36.7 Å². The van der Waals surface area contributed by atoms with Crippen molar-refractivity contribution in [2.45, 2.75) is 81.2 Å². The fraction of sp³-hybridized carbons (Fsp3) is 0.667. The first-order valence-corrected chi connectivity index (χ1v) is 13.1. The Morgan fingerprint density at radius 3 is 2.29 bits per heavy atom. The second-order valence-electron chi connectivity index (χ2n) is 8.03. The van der Waals surface area contributed by atoms with E-state index < -0.39 is 23.6 Å². The molecule has 0 bridgehead atoms. The van der Waals surface area contributed by atoms with Crippen LogP contribution in [0.1, 0.15) is 40.5 Å². The average molecular weight is 371 g/mol. The van der Waals surface area contributed by atoms with Gasteiger partial charge in [-0.1, -0.05) is 52.3 Å². The first kappa shape index (κ1) is 19.6. The number of ether oxygens (including phenoxy) is 1. The minimum Gasteiger partial charge on any atom is -0.411 e. The minimum absolute atomic E-state index is 0.0850. The van der Waals surface area contributed by atoms with E-state index in [2.05, 4.69) is 40.8 Å². The topological polar surface area (TPSA) is 55.9 Å². The molecule has 4 nitrogen and oxygen atoms in total. The van der Waals surface area contributed by atoms with Crippen LogP contribution in [0.2, 0.25) is 18.1 Å². The lowest BCUT2D eigenvalue weighted by molar-refractivity contribution is 0.133. The Labute approximate surface area is 147 Å². The highest BCUT2D eigenvalue weighted by atomic mass is 32.2. The molecule has 0 spiro atoms. The van der Waals surface area contributed by atoms with Crippen LogP contribution in [0.25, 0.3) is 0 Å². The molecule has 0 unspecified atom stereocenters. The van der Waals surface area contributed by atoms with Crippen molar-refractivity contribution >= 4 is 18.2 Å². The van der Waals surface area contributed by atoms with Crippen molar-refractivity contribution in [2.75, 3.05) is 0 Å². The van der Waals surface area contributed by atoms with Crippen molar-refractivity contribution in [3.05, 3.63) is 30.3 Å². The predicted molar refractivity (Wildman–Crippen MR) is 99.3 cm³/mol. The van der Waals surface area contributed by atoms with E-state index in [1.165, 1.54) is 0 Å². The van der Waals surface area contributed by atoms with E-state index in [0.29, 0.717) is 4.90 Å². The Morgan fingerprint density at radius 1 is 1.21 bits per heavy atom. The summed E-state index contributed by atoms with van der Waals surface area (Å²) >= 11 is 0. The summed E-state index contributed by atoms with van der Waals surface area (Å²) in [7, 11) is -5.43. The lowest BCUT2D eigenvalue weighted by atomic mass is 10.1. The normalized spacial score (nSPS) is 23.1. The van der Waals surface area contributed by atoms with Crippen LogP contribution in [0, 0.1) is 0 Å². The zero-order chi connectivity index (χ0) is 18.2. The van der Waals surface area contributed by atoms with Crippen LogP contribution in [0.3, 0.4) is 0 Å². The van der Waals surface area contributed by atoms with Crippen molar-refractivity contribution in [3.63, 3.8) is 0 Å². The predicted octanol–water partition coefficient (Wildman–Crippen LogP) is 4.38. The van der Waals surface area contributed by atoms with Crippen LogP contribution in [-0.4, -0.2) is 34.4 Å². The summed E-state index contributed by atoms with van der Waals surface area (Å²) in [4.78, 5) is 0.320. The van der Waals surface area contributed by atoms with Gasteiger partial charge >= 0.3 is 0 Å². The average Bonchev–Trinajstić information content (AvgIpc) is 3.27. The van der Waals surface area contributed by atoms with Crippen LogP contribution in [0.4, 0.5) is 0 Å². The third kappa shape index (κ3) is 4.10. The third-order valence-corrected chi connectivity index (χ3v) is 11.5. The quantitative estimate of drug-likeness (QED) is 0.528. The van der Waals surface area contributed by atoms with E-state index in [4.69, 9.17) is 9.16 Å². The Balaban J connectivity index is 2.15. The molecular weight excluding hydrogens is 340 g/mol. The molecule has 0 aliphatic carbocycles. The lowest BCUT2D eigenvalue weighted by Gasteiger charge is -2.39. The van der Waals surface area contributed by atoms with Gasteiger partial charge in [0.05, 0.1) is 11.0 Å². The van der Waals surface area contributed by atoms with E-state index in [-0.39, 0.29) is 17.2 Å². The number of rotatable bonds is 7. The minimum atomic E-state index is -3.46. The summed E-state index contributed by atoms with van der Waals surface area (Å²) in [6.07, 6.45) is 1.25. The van der Waals surface area contributed by atoms with Crippen LogP contribution in [0.15, 0.2) is 35.2 Å². The van der Waals surface area contributed by atoms with Gasteiger partial charge in [0.1, 0.15) is 6.10 Å². The summed E-state index contributed by atoms with van der Waals surface area (Å²) in [5.41, 5.74) is -0.777. The smallest absolute Gasteiger partial charge is 0.207 e. The van der Waals surface area contributed by atoms with Gasteiger partial charge in [-0.2, -0.15) is 0 Å². The first-order valence-electron chi connectivity index (χ1n) is 8.63. The highest BCUT2D eigenvalue weighted by Crippen LogP contribution is 2.42. The molecule has 0 saturated carbocycles. The molecular formula is C18H30O4SSi. The van der Waals surface area contributed by atoms with Crippen LogP contribution < -0.4 is 0 Å². The number of epoxide rings is 1. The van der Waals surface area contributed by atoms with Crippen molar-refractivity contribution < 1.29 is 17.6 Å². The van der Waals surface area contributed by atoms with Gasteiger partial charge in [0.2, 0.25) is 9.84 Å². The summed E-state index contributed by atoms with van der Waals surface area (Å²) in [5, 5.41) is 0.0850. The standard InChI is InChI=1S/C18H30O4SSi/c1-7-11-15(22-24(5,6)18(2,3)4)16-17(21-16)23(19,20)14-12-9-8-10-13-14/h8-10,12-13,15-17H,7,11H2,1-6H3/t15-,16-,17-/m0/s1. The van der Waals surface area contributed by atoms with Crippen molar-refractivity contribution in [3.8, 4) is 0 Å². The molecule has 0 aromatic heterocycles. The molecule has 1 aliphatic heterocycles. The molecule has 1 fully saturated rings. The Kier molecular flexibility index (Phi) is 5.64. The van der Waals surface area contributed by atoms with Crippen molar-refractivity contribution in [1.82, 2.24) is 0 Å². The Morgan fingerprint density at radius 2 is 1.79 bits per heavy atom. The van der Waals surface area contributed by atoms with Gasteiger partial charge in [0.25, 0.3) is 0 Å². The van der Waals surface area contributed by atoms with Gasteiger partial charge in [0.15, 0.2) is 13.8 Å². The van der Waals surface area contributed by atoms with E-state index >= 15 is 0 Å². The van der Waals surface area contributed by atoms with E-state index in [0.717, 1.165) is 12.8 Å². The van der Waals surface area contributed by atoms with Crippen LogP contribution in [0.5, 0.6) is 0 Å². The van der Waals surface area contributed by atoms with Gasteiger partial charge in [-0.3, -0.25) is 0 Å². The van der Waals surface area contributed by atoms with Crippen molar-refractivity contribution in [1.29, 1.82) is 0 Å². The molecule has 1 aliphatic rings. The van der Waals surface area contributed by atoms with Gasteiger partial charge in [-0.15, -0.1) is 0 Å². The fourth-order valence-electron chi connectivity index (χ4n) is 2.50. The summed E-state index contributed by atoms with van der Waals surface area (Å²) in [5.74, 6) is 0. The molecule has 0 N–H and O–H groups in total. The van der Waals surface area contributed by atoms with Gasteiger partial charge in [0, 0.05) is 0 Å². The number of benzene rings is 1. The second-order valence-corrected chi connectivity index (χ2v) is 14.8. The highest BCUT2D eigenvalue weighted by molar-refractivity contribution is 7.92. The highest BCUT2D eigenvalue weighted by Gasteiger charge is 2.55. The molecule has 136 valence electrons. The summed E-state index contributed by atoms with van der Waals surface area (Å²) in [6, 6.07) is 8.53. The van der Waals surface area contributed by atoms with Gasteiger partial charge < -0.3 is 9.16 Å². The maximum atomic E-state index is 12.7. The molecule has 6 heteroatoms. The zero-order valence-electron chi connectivity index (χ0n) is 15.6. The molecule has 0 radical (unpaired) electrons. The van der Waals surface area contributed by atoms with E-state index in [9.17, 15) is 8.42 Å². The molecule has 1 saturated heterocycles. The third-order valence-electron chi connectivity index (χ3n) is 5.05. The largest absolute Gasteiger partial charge is 0.411 e.